The fourth-order valence-electron chi connectivity index (χ4n) is 1.54. The second-order valence-corrected chi connectivity index (χ2v) is 3.62. The molecule has 1 atom stereocenters. The van der Waals surface area contributed by atoms with Gasteiger partial charge in [-0.15, -0.1) is 0 Å². The number of aldehydes is 1. The molecule has 1 saturated heterocycles. The van der Waals surface area contributed by atoms with Crippen LogP contribution in [0.5, 0.6) is 0 Å². The van der Waals surface area contributed by atoms with E-state index in [4.69, 9.17) is 14.2 Å². The normalized spacial score (nSPS) is 20.2. The molecule has 1 aromatic carbocycles. The molecular weight excluding hydrogens is 220 g/mol. The van der Waals surface area contributed by atoms with E-state index in [2.05, 4.69) is 0 Å². The molecule has 0 saturated carbocycles. The van der Waals surface area contributed by atoms with Gasteiger partial charge in [0.1, 0.15) is 31.5 Å². The number of allylic oxidation sites excluding steroid dienone is 1. The van der Waals surface area contributed by atoms with Crippen molar-refractivity contribution < 1.29 is 19.0 Å². The maximum Gasteiger partial charge on any atom is 0.147 e. The predicted octanol–water partition coefficient (Wildman–Crippen LogP) is 1.62. The summed E-state index contributed by atoms with van der Waals surface area (Å²) in [6.45, 7) is 1.23. The zero-order valence-electron chi connectivity index (χ0n) is 9.37. The zero-order valence-corrected chi connectivity index (χ0v) is 9.37. The molecule has 4 heteroatoms. The van der Waals surface area contributed by atoms with E-state index in [1.54, 1.807) is 0 Å². The van der Waals surface area contributed by atoms with Gasteiger partial charge in [0.2, 0.25) is 0 Å². The number of benzene rings is 1. The van der Waals surface area contributed by atoms with Gasteiger partial charge in [0, 0.05) is 11.6 Å². The lowest BCUT2D eigenvalue weighted by Crippen LogP contribution is -2.17. The van der Waals surface area contributed by atoms with Gasteiger partial charge in [0.25, 0.3) is 0 Å². The summed E-state index contributed by atoms with van der Waals surface area (Å²) in [5.41, 5.74) is 0.874. The molecule has 1 fully saturated rings. The average Bonchev–Trinajstić information content (AvgIpc) is 2.88. The van der Waals surface area contributed by atoms with Gasteiger partial charge in [-0.25, -0.2) is 0 Å². The molecule has 0 bridgehead atoms. The van der Waals surface area contributed by atoms with Crippen molar-refractivity contribution in [2.24, 2.45) is 0 Å². The van der Waals surface area contributed by atoms with Crippen LogP contribution in [0, 0.1) is 0 Å². The quantitative estimate of drug-likeness (QED) is 0.441. The average molecular weight is 234 g/mol. The van der Waals surface area contributed by atoms with Crippen molar-refractivity contribution in [2.75, 3.05) is 20.0 Å². The summed E-state index contributed by atoms with van der Waals surface area (Å²) in [7, 11) is 0. The molecule has 2 rings (SSSR count). The van der Waals surface area contributed by atoms with Gasteiger partial charge in [-0.1, -0.05) is 30.3 Å². The highest BCUT2D eigenvalue weighted by atomic mass is 16.7. The Labute approximate surface area is 99.8 Å². The number of carbonyl (C=O) groups is 1. The first-order valence-electron chi connectivity index (χ1n) is 5.43. The maximum absolute atomic E-state index is 10.6. The van der Waals surface area contributed by atoms with Crippen LogP contribution in [0.25, 0.3) is 5.76 Å². The first kappa shape index (κ1) is 11.8. The van der Waals surface area contributed by atoms with Gasteiger partial charge in [-0.3, -0.25) is 4.79 Å². The summed E-state index contributed by atoms with van der Waals surface area (Å²) in [6.07, 6.45) is 2.06. The van der Waals surface area contributed by atoms with Crippen molar-refractivity contribution in [2.45, 2.75) is 6.10 Å². The third kappa shape index (κ3) is 3.41. The summed E-state index contributed by atoms with van der Waals surface area (Å²) in [4.78, 5) is 10.6. The Morgan fingerprint density at radius 2 is 2.24 bits per heavy atom. The van der Waals surface area contributed by atoms with Crippen molar-refractivity contribution in [3.05, 3.63) is 42.0 Å². The summed E-state index contributed by atoms with van der Waals surface area (Å²) >= 11 is 0. The summed E-state index contributed by atoms with van der Waals surface area (Å²) in [5, 5.41) is 0. The lowest BCUT2D eigenvalue weighted by molar-refractivity contribution is -0.104. The highest BCUT2D eigenvalue weighted by Crippen LogP contribution is 2.16. The second-order valence-electron chi connectivity index (χ2n) is 3.62. The predicted molar refractivity (Wildman–Crippen MR) is 62.1 cm³/mol. The van der Waals surface area contributed by atoms with Crippen LogP contribution in [-0.4, -0.2) is 32.4 Å². The molecule has 0 N–H and O–H groups in total. The van der Waals surface area contributed by atoms with E-state index in [-0.39, 0.29) is 6.10 Å². The van der Waals surface area contributed by atoms with Gasteiger partial charge in [0.05, 0.1) is 6.61 Å². The monoisotopic (exact) mass is 234 g/mol. The largest absolute Gasteiger partial charge is 0.490 e. The Hall–Kier alpha value is -1.65. The van der Waals surface area contributed by atoms with Crippen LogP contribution in [0.2, 0.25) is 0 Å². The molecule has 1 aromatic rings. The van der Waals surface area contributed by atoms with Gasteiger partial charge >= 0.3 is 0 Å². The minimum Gasteiger partial charge on any atom is -0.490 e. The fourth-order valence-corrected chi connectivity index (χ4v) is 1.54. The number of hydrogen-bond donors (Lipinski definition) is 0. The van der Waals surface area contributed by atoms with Crippen LogP contribution in [0.1, 0.15) is 5.56 Å². The van der Waals surface area contributed by atoms with Crippen LogP contribution in [-0.2, 0) is 19.0 Å². The van der Waals surface area contributed by atoms with E-state index >= 15 is 0 Å². The van der Waals surface area contributed by atoms with Gasteiger partial charge in [-0.05, 0) is 0 Å². The number of ether oxygens (including phenoxy) is 3. The van der Waals surface area contributed by atoms with Gasteiger partial charge in [-0.2, -0.15) is 0 Å². The van der Waals surface area contributed by atoms with Crippen molar-refractivity contribution in [1.82, 2.24) is 0 Å². The molecule has 0 spiro atoms. The Morgan fingerprint density at radius 1 is 1.41 bits per heavy atom. The van der Waals surface area contributed by atoms with Gasteiger partial charge < -0.3 is 14.2 Å². The SMILES string of the molecule is O=CC=C(OCC1COCO1)c1ccccc1. The summed E-state index contributed by atoms with van der Waals surface area (Å²) in [6, 6.07) is 9.48. The zero-order chi connectivity index (χ0) is 11.9. The summed E-state index contributed by atoms with van der Waals surface area (Å²) in [5.74, 6) is 0.552. The van der Waals surface area contributed by atoms with Crippen LogP contribution in [0.4, 0.5) is 0 Å². The van der Waals surface area contributed by atoms with Gasteiger partial charge in [0.15, 0.2) is 0 Å². The lowest BCUT2D eigenvalue weighted by Gasteiger charge is -2.12. The molecule has 17 heavy (non-hydrogen) atoms. The topological polar surface area (TPSA) is 44.8 Å². The Balaban J connectivity index is 1.98. The lowest BCUT2D eigenvalue weighted by atomic mass is 10.2. The number of carbonyl (C=O) groups excluding carboxylic acids is 1. The van der Waals surface area contributed by atoms with Crippen molar-refractivity contribution in [1.29, 1.82) is 0 Å². The van der Waals surface area contributed by atoms with E-state index in [0.717, 1.165) is 5.56 Å². The highest BCUT2D eigenvalue weighted by molar-refractivity contribution is 5.78. The van der Waals surface area contributed by atoms with E-state index in [1.165, 1.54) is 6.08 Å². The van der Waals surface area contributed by atoms with Crippen LogP contribution >= 0.6 is 0 Å². The summed E-state index contributed by atoms with van der Waals surface area (Å²) < 4.78 is 15.9. The third-order valence-electron chi connectivity index (χ3n) is 2.39. The smallest absolute Gasteiger partial charge is 0.147 e. The molecule has 1 aliphatic heterocycles. The molecule has 0 aliphatic carbocycles. The third-order valence-corrected chi connectivity index (χ3v) is 2.39. The molecule has 1 aliphatic rings. The molecule has 1 heterocycles. The first-order chi connectivity index (χ1) is 8.40. The molecule has 0 amide bonds. The Kier molecular flexibility index (Phi) is 4.30. The minimum atomic E-state index is -0.0613. The standard InChI is InChI=1S/C13H14O4/c14-7-6-13(11-4-2-1-3-5-11)16-9-12-8-15-10-17-12/h1-7,12H,8-10H2. The fraction of sp³-hybridized carbons (Fsp3) is 0.308. The van der Waals surface area contributed by atoms with E-state index < -0.39 is 0 Å². The van der Waals surface area contributed by atoms with Crippen molar-refractivity contribution in [3.8, 4) is 0 Å². The molecule has 90 valence electrons. The molecule has 0 aromatic heterocycles. The highest BCUT2D eigenvalue weighted by Gasteiger charge is 2.17. The van der Waals surface area contributed by atoms with Crippen molar-refractivity contribution >= 4 is 12.0 Å². The van der Waals surface area contributed by atoms with Crippen LogP contribution in [0.15, 0.2) is 36.4 Å². The molecule has 0 radical (unpaired) electrons. The first-order valence-corrected chi connectivity index (χ1v) is 5.43. The van der Waals surface area contributed by atoms with E-state index in [1.807, 2.05) is 30.3 Å². The molecule has 1 unspecified atom stereocenters. The Bertz CT molecular complexity index is 380. The number of hydrogen-bond acceptors (Lipinski definition) is 4. The van der Waals surface area contributed by atoms with Crippen LogP contribution < -0.4 is 0 Å². The second kappa shape index (κ2) is 6.18. The maximum atomic E-state index is 10.6. The number of rotatable bonds is 5. The molecule has 4 nitrogen and oxygen atoms in total. The van der Waals surface area contributed by atoms with E-state index in [0.29, 0.717) is 32.1 Å². The van der Waals surface area contributed by atoms with Crippen molar-refractivity contribution in [3.63, 3.8) is 0 Å². The van der Waals surface area contributed by atoms with Crippen LogP contribution in [0.3, 0.4) is 0 Å². The molecular formula is C13H14O4. The van der Waals surface area contributed by atoms with E-state index in [9.17, 15) is 4.79 Å². The minimum absolute atomic E-state index is 0.0613. The Morgan fingerprint density at radius 3 is 2.88 bits per heavy atom.